The Balaban J connectivity index is 1.19. The molecule has 0 atom stereocenters. The predicted octanol–water partition coefficient (Wildman–Crippen LogP) is 1.79. The molecular weight excluding hydrogens is 414 g/mol. The molecule has 11 heteroatoms. The van der Waals surface area contributed by atoms with E-state index in [2.05, 4.69) is 40.4 Å². The maximum absolute atomic E-state index is 12.4. The number of rotatable bonds is 5. The average molecular weight is 436 g/mol. The van der Waals surface area contributed by atoms with Gasteiger partial charge in [-0.3, -0.25) is 14.4 Å². The highest BCUT2D eigenvalue weighted by molar-refractivity contribution is 7.13. The molecule has 1 N–H and O–H groups in total. The van der Waals surface area contributed by atoms with Crippen LogP contribution in [0.1, 0.15) is 14.8 Å². The summed E-state index contributed by atoms with van der Waals surface area (Å²) in [6, 6.07) is 9.35. The van der Waals surface area contributed by atoms with E-state index in [9.17, 15) is 4.79 Å². The molecule has 158 valence electrons. The van der Waals surface area contributed by atoms with Crippen molar-refractivity contribution in [2.45, 2.75) is 6.54 Å². The van der Waals surface area contributed by atoms with Gasteiger partial charge in [-0.15, -0.1) is 10.2 Å². The summed E-state index contributed by atoms with van der Waals surface area (Å²) in [4.78, 5) is 25.8. The Morgan fingerprint density at radius 1 is 1.10 bits per heavy atom. The van der Waals surface area contributed by atoms with Crippen LogP contribution in [0.2, 0.25) is 0 Å². The molecule has 1 aliphatic heterocycles. The smallest absolute Gasteiger partial charge is 0.286 e. The minimum absolute atomic E-state index is 0.232. The lowest BCUT2D eigenvalue weighted by molar-refractivity contribution is 0.102. The molecule has 0 unspecified atom stereocenters. The number of hydrogen-bond acceptors (Lipinski definition) is 9. The lowest BCUT2D eigenvalue weighted by Gasteiger charge is -2.35. The topological polar surface area (TPSA) is 105 Å². The average Bonchev–Trinajstić information content (AvgIpc) is 3.42. The second kappa shape index (κ2) is 8.36. The lowest BCUT2D eigenvalue weighted by atomic mass is 10.3. The number of nitrogens with zero attached hydrogens (tertiary/aromatic N) is 8. The Morgan fingerprint density at radius 3 is 2.71 bits per heavy atom. The van der Waals surface area contributed by atoms with Crippen molar-refractivity contribution < 1.29 is 4.79 Å². The van der Waals surface area contributed by atoms with Crippen LogP contribution in [0.3, 0.4) is 0 Å². The SMILES string of the molecule is Cn1ncc2c(N3CCN(Cc4nnc(C(=O)Nc5ccccc5)s4)CC3)ncnc21. The summed E-state index contributed by atoms with van der Waals surface area (Å²) in [6.07, 6.45) is 3.41. The Bertz CT molecular complexity index is 1200. The highest BCUT2D eigenvalue weighted by Gasteiger charge is 2.22. The van der Waals surface area contributed by atoms with Crippen molar-refractivity contribution in [1.29, 1.82) is 0 Å². The van der Waals surface area contributed by atoms with Gasteiger partial charge in [0.2, 0.25) is 5.01 Å². The van der Waals surface area contributed by atoms with Crippen molar-refractivity contribution in [3.05, 3.63) is 52.9 Å². The Kier molecular flexibility index (Phi) is 5.26. The van der Waals surface area contributed by atoms with Gasteiger partial charge in [0.1, 0.15) is 17.2 Å². The molecule has 4 heterocycles. The molecule has 0 aliphatic carbocycles. The summed E-state index contributed by atoms with van der Waals surface area (Å²) in [5, 5.41) is 17.6. The number of carbonyl (C=O) groups excluding carboxylic acids is 1. The van der Waals surface area contributed by atoms with E-state index in [1.165, 1.54) is 11.3 Å². The molecule has 1 aromatic carbocycles. The molecule has 1 saturated heterocycles. The fourth-order valence-electron chi connectivity index (χ4n) is 3.63. The summed E-state index contributed by atoms with van der Waals surface area (Å²) in [6.45, 7) is 4.12. The number of aromatic nitrogens is 6. The van der Waals surface area contributed by atoms with E-state index in [0.717, 1.165) is 53.7 Å². The largest absolute Gasteiger partial charge is 0.353 e. The maximum Gasteiger partial charge on any atom is 0.286 e. The zero-order valence-electron chi connectivity index (χ0n) is 17.0. The maximum atomic E-state index is 12.4. The molecule has 0 saturated carbocycles. The summed E-state index contributed by atoms with van der Waals surface area (Å²) < 4.78 is 1.76. The normalized spacial score (nSPS) is 14.8. The van der Waals surface area contributed by atoms with Crippen LogP contribution >= 0.6 is 11.3 Å². The van der Waals surface area contributed by atoms with Crippen LogP contribution in [-0.2, 0) is 13.6 Å². The van der Waals surface area contributed by atoms with Gasteiger partial charge >= 0.3 is 0 Å². The van der Waals surface area contributed by atoms with Gasteiger partial charge in [-0.2, -0.15) is 5.10 Å². The van der Waals surface area contributed by atoms with E-state index in [0.29, 0.717) is 11.6 Å². The van der Waals surface area contributed by atoms with Gasteiger partial charge in [-0.1, -0.05) is 29.5 Å². The van der Waals surface area contributed by atoms with E-state index >= 15 is 0 Å². The number of para-hydroxylation sites is 1. The molecule has 31 heavy (non-hydrogen) atoms. The minimum atomic E-state index is -0.232. The molecule has 1 amide bonds. The molecule has 0 radical (unpaired) electrons. The molecule has 3 aromatic heterocycles. The third kappa shape index (κ3) is 4.09. The third-order valence-electron chi connectivity index (χ3n) is 5.23. The lowest BCUT2D eigenvalue weighted by Crippen LogP contribution is -2.46. The summed E-state index contributed by atoms with van der Waals surface area (Å²) in [7, 11) is 1.88. The Morgan fingerprint density at radius 2 is 1.90 bits per heavy atom. The number of anilines is 2. The fraction of sp³-hybridized carbons (Fsp3) is 0.300. The molecule has 0 spiro atoms. The highest BCUT2D eigenvalue weighted by Crippen LogP contribution is 2.24. The molecule has 10 nitrogen and oxygen atoms in total. The Labute approximate surface area is 182 Å². The molecular formula is C20H21N9OS. The second-order valence-corrected chi connectivity index (χ2v) is 8.35. The van der Waals surface area contributed by atoms with Gasteiger partial charge in [-0.05, 0) is 12.1 Å². The van der Waals surface area contributed by atoms with Crippen molar-refractivity contribution in [3.8, 4) is 0 Å². The van der Waals surface area contributed by atoms with Gasteiger partial charge in [-0.25, -0.2) is 9.97 Å². The summed E-state index contributed by atoms with van der Waals surface area (Å²) >= 11 is 1.33. The summed E-state index contributed by atoms with van der Waals surface area (Å²) in [5.41, 5.74) is 1.58. The molecule has 1 aliphatic rings. The number of benzene rings is 1. The van der Waals surface area contributed by atoms with E-state index in [-0.39, 0.29) is 5.91 Å². The highest BCUT2D eigenvalue weighted by atomic mass is 32.1. The van der Waals surface area contributed by atoms with Crippen molar-refractivity contribution in [3.63, 3.8) is 0 Å². The fourth-order valence-corrected chi connectivity index (χ4v) is 4.40. The van der Waals surface area contributed by atoms with Gasteiger partial charge in [0.15, 0.2) is 5.65 Å². The van der Waals surface area contributed by atoms with Gasteiger partial charge < -0.3 is 10.2 Å². The van der Waals surface area contributed by atoms with Crippen LogP contribution in [-0.4, -0.2) is 66.9 Å². The van der Waals surface area contributed by atoms with Gasteiger partial charge in [0.25, 0.3) is 5.91 Å². The number of hydrogen-bond donors (Lipinski definition) is 1. The zero-order chi connectivity index (χ0) is 21.2. The summed E-state index contributed by atoms with van der Waals surface area (Å²) in [5.74, 6) is 0.692. The van der Waals surface area contributed by atoms with Gasteiger partial charge in [0, 0.05) is 38.9 Å². The zero-order valence-corrected chi connectivity index (χ0v) is 17.8. The molecule has 4 aromatic rings. The van der Waals surface area contributed by atoms with Crippen LogP contribution < -0.4 is 10.2 Å². The van der Waals surface area contributed by atoms with Crippen molar-refractivity contribution >= 4 is 39.8 Å². The second-order valence-electron chi connectivity index (χ2n) is 7.29. The molecule has 5 rings (SSSR count). The van der Waals surface area contributed by atoms with Crippen molar-refractivity contribution in [1.82, 2.24) is 34.8 Å². The number of aryl methyl sites for hydroxylation is 1. The standard InChI is InChI=1S/C20H21N9OS/c1-27-17-15(11-23-27)18(22-13-21-17)29-9-7-28(8-10-29)12-16-25-26-20(31-16)19(30)24-14-5-3-2-4-6-14/h2-6,11,13H,7-10,12H2,1H3,(H,24,30). The molecule has 0 bridgehead atoms. The van der Waals surface area contributed by atoms with Crippen molar-refractivity contribution in [2.75, 3.05) is 36.4 Å². The third-order valence-corrected chi connectivity index (χ3v) is 6.14. The Hall–Kier alpha value is -3.44. The van der Waals surface area contributed by atoms with Gasteiger partial charge in [0.05, 0.1) is 18.1 Å². The number of nitrogens with one attached hydrogen (secondary N) is 1. The number of piperazine rings is 1. The van der Waals surface area contributed by atoms with Crippen LogP contribution in [0, 0.1) is 0 Å². The first kappa shape index (κ1) is 19.5. The molecule has 1 fully saturated rings. The van der Waals surface area contributed by atoms with Crippen LogP contribution in [0.4, 0.5) is 11.5 Å². The van der Waals surface area contributed by atoms with Crippen molar-refractivity contribution in [2.24, 2.45) is 7.05 Å². The number of carbonyl (C=O) groups is 1. The van der Waals surface area contributed by atoms with Crippen LogP contribution in [0.25, 0.3) is 11.0 Å². The quantitative estimate of drug-likeness (QED) is 0.506. The van der Waals surface area contributed by atoms with E-state index < -0.39 is 0 Å². The number of fused-ring (bicyclic) bond motifs is 1. The van der Waals surface area contributed by atoms with Crippen LogP contribution in [0.5, 0.6) is 0 Å². The predicted molar refractivity (Wildman–Crippen MR) is 118 cm³/mol. The van der Waals surface area contributed by atoms with E-state index in [4.69, 9.17) is 0 Å². The number of amides is 1. The van der Waals surface area contributed by atoms with Crippen LogP contribution in [0.15, 0.2) is 42.9 Å². The monoisotopic (exact) mass is 435 g/mol. The van der Waals surface area contributed by atoms with E-state index in [1.54, 1.807) is 11.0 Å². The van der Waals surface area contributed by atoms with E-state index in [1.807, 2.05) is 43.6 Å². The first-order valence-electron chi connectivity index (χ1n) is 9.96. The first-order chi connectivity index (χ1) is 15.2. The minimum Gasteiger partial charge on any atom is -0.353 e. The first-order valence-corrected chi connectivity index (χ1v) is 10.8.